The third kappa shape index (κ3) is 1.93. The van der Waals surface area contributed by atoms with E-state index >= 15 is 0 Å². The van der Waals surface area contributed by atoms with Gasteiger partial charge in [-0.05, 0) is 49.7 Å². The van der Waals surface area contributed by atoms with E-state index in [1.807, 2.05) is 30.4 Å². The Morgan fingerprint density at radius 2 is 1.95 bits per heavy atom. The lowest BCUT2D eigenvalue weighted by molar-refractivity contribution is 0.631. The molecular formula is C15H13ClFN3. The van der Waals surface area contributed by atoms with Crippen LogP contribution in [-0.4, -0.2) is 9.38 Å². The molecule has 0 amide bonds. The lowest BCUT2D eigenvalue weighted by atomic mass is 10.1. The molecule has 0 bridgehead atoms. The van der Waals surface area contributed by atoms with Gasteiger partial charge in [0.1, 0.15) is 23.0 Å². The molecule has 0 fully saturated rings. The normalized spacial score (nSPS) is 11.2. The smallest absolute Gasteiger partial charge is 0.139 e. The third-order valence-corrected chi connectivity index (χ3v) is 3.50. The van der Waals surface area contributed by atoms with Crippen molar-refractivity contribution in [1.82, 2.24) is 9.38 Å². The first-order valence-electron chi connectivity index (χ1n) is 6.18. The Labute approximate surface area is 120 Å². The molecule has 2 N–H and O–H groups in total. The van der Waals surface area contributed by atoms with Gasteiger partial charge in [0, 0.05) is 16.3 Å². The minimum Gasteiger partial charge on any atom is -0.383 e. The van der Waals surface area contributed by atoms with Gasteiger partial charge < -0.3 is 5.73 Å². The Morgan fingerprint density at radius 1 is 1.20 bits per heavy atom. The first-order chi connectivity index (χ1) is 9.47. The minimum atomic E-state index is -0.390. The number of aryl methyl sites for hydroxylation is 2. The largest absolute Gasteiger partial charge is 0.383 e. The fourth-order valence-electron chi connectivity index (χ4n) is 2.44. The molecule has 3 aromatic rings. The first kappa shape index (κ1) is 12.9. The van der Waals surface area contributed by atoms with Gasteiger partial charge in [0.15, 0.2) is 0 Å². The number of hydrogen-bond donors (Lipinski definition) is 1. The van der Waals surface area contributed by atoms with E-state index in [1.54, 1.807) is 0 Å². The van der Waals surface area contributed by atoms with Gasteiger partial charge >= 0.3 is 0 Å². The van der Waals surface area contributed by atoms with Crippen molar-refractivity contribution in [3.63, 3.8) is 0 Å². The predicted octanol–water partition coefficient (Wildman–Crippen LogP) is 3.99. The van der Waals surface area contributed by atoms with Crippen molar-refractivity contribution in [2.75, 3.05) is 5.73 Å². The van der Waals surface area contributed by atoms with Crippen LogP contribution in [0.1, 0.15) is 11.3 Å². The van der Waals surface area contributed by atoms with Crippen LogP contribution in [0.4, 0.5) is 10.2 Å². The zero-order valence-electron chi connectivity index (χ0n) is 11.1. The number of nitrogens with zero attached hydrogens (tertiary/aromatic N) is 2. The fourth-order valence-corrected chi connectivity index (χ4v) is 2.61. The number of nitrogen functional groups attached to an aromatic ring is 1. The Balaban J connectivity index is 2.35. The van der Waals surface area contributed by atoms with Gasteiger partial charge in [-0.3, -0.25) is 4.40 Å². The summed E-state index contributed by atoms with van der Waals surface area (Å²) in [6.45, 7) is 3.92. The lowest BCUT2D eigenvalue weighted by Gasteiger charge is -2.04. The van der Waals surface area contributed by atoms with Crippen LogP contribution in [0, 0.1) is 19.7 Å². The number of imidazole rings is 1. The highest BCUT2D eigenvalue weighted by Gasteiger charge is 2.16. The van der Waals surface area contributed by atoms with Crippen molar-refractivity contribution in [3.8, 4) is 11.3 Å². The molecule has 0 radical (unpaired) electrons. The molecule has 0 atom stereocenters. The van der Waals surface area contributed by atoms with E-state index < -0.39 is 0 Å². The fraction of sp³-hybridized carbons (Fsp3) is 0.133. The minimum absolute atomic E-state index is 0.316. The summed E-state index contributed by atoms with van der Waals surface area (Å²) in [4.78, 5) is 4.45. The van der Waals surface area contributed by atoms with E-state index in [0.29, 0.717) is 27.7 Å². The molecule has 2 aromatic heterocycles. The molecule has 0 saturated carbocycles. The quantitative estimate of drug-likeness (QED) is 0.736. The maximum absolute atomic E-state index is 14.0. The highest BCUT2D eigenvalue weighted by Crippen LogP contribution is 2.31. The van der Waals surface area contributed by atoms with Crippen molar-refractivity contribution in [2.24, 2.45) is 0 Å². The van der Waals surface area contributed by atoms with Crippen LogP contribution < -0.4 is 5.73 Å². The number of aromatic nitrogens is 2. The molecule has 3 nitrogen and oxygen atoms in total. The first-order valence-corrected chi connectivity index (χ1v) is 6.56. The molecule has 0 spiro atoms. The van der Waals surface area contributed by atoms with Gasteiger partial charge in [0.2, 0.25) is 0 Å². The average Bonchev–Trinajstić information content (AvgIpc) is 2.69. The second-order valence-electron chi connectivity index (χ2n) is 4.84. The second-order valence-corrected chi connectivity index (χ2v) is 5.27. The molecule has 0 unspecified atom stereocenters. The molecule has 3 rings (SSSR count). The van der Waals surface area contributed by atoms with Gasteiger partial charge in [0.05, 0.1) is 0 Å². The summed E-state index contributed by atoms with van der Waals surface area (Å²) in [7, 11) is 0. The number of benzene rings is 1. The zero-order chi connectivity index (χ0) is 14.4. The Morgan fingerprint density at radius 3 is 2.70 bits per heavy atom. The Bertz CT molecular complexity index is 824. The van der Waals surface area contributed by atoms with Gasteiger partial charge in [-0.1, -0.05) is 11.6 Å². The Kier molecular flexibility index (Phi) is 2.91. The molecule has 102 valence electrons. The van der Waals surface area contributed by atoms with Gasteiger partial charge in [-0.15, -0.1) is 0 Å². The summed E-state index contributed by atoms with van der Waals surface area (Å²) in [6.07, 6.45) is 0. The lowest BCUT2D eigenvalue weighted by Crippen LogP contribution is -1.98. The van der Waals surface area contributed by atoms with E-state index in [9.17, 15) is 4.39 Å². The molecule has 0 saturated heterocycles. The number of nitrogens with two attached hydrogens (primary N) is 1. The van der Waals surface area contributed by atoms with E-state index in [4.69, 9.17) is 17.3 Å². The van der Waals surface area contributed by atoms with Crippen LogP contribution in [0.2, 0.25) is 5.02 Å². The summed E-state index contributed by atoms with van der Waals surface area (Å²) >= 11 is 5.93. The molecule has 1 aromatic carbocycles. The van der Waals surface area contributed by atoms with Crippen molar-refractivity contribution in [2.45, 2.75) is 13.8 Å². The topological polar surface area (TPSA) is 43.3 Å². The van der Waals surface area contributed by atoms with Crippen molar-refractivity contribution < 1.29 is 4.39 Å². The molecule has 2 heterocycles. The number of pyridine rings is 1. The number of halogens is 2. The maximum Gasteiger partial charge on any atom is 0.139 e. The number of rotatable bonds is 1. The summed E-state index contributed by atoms with van der Waals surface area (Å²) in [5, 5.41) is 0.450. The van der Waals surface area contributed by atoms with Crippen molar-refractivity contribution in [1.29, 1.82) is 0 Å². The number of hydrogen-bond acceptors (Lipinski definition) is 2. The molecule has 5 heteroatoms. The van der Waals surface area contributed by atoms with Crippen LogP contribution >= 0.6 is 11.6 Å². The monoisotopic (exact) mass is 289 g/mol. The summed E-state index contributed by atoms with van der Waals surface area (Å²) in [6, 6.07) is 8.27. The number of anilines is 1. The zero-order valence-corrected chi connectivity index (χ0v) is 11.9. The van der Waals surface area contributed by atoms with E-state index in [0.717, 1.165) is 11.3 Å². The van der Waals surface area contributed by atoms with Crippen molar-refractivity contribution >= 4 is 23.1 Å². The molecule has 0 aliphatic carbocycles. The summed E-state index contributed by atoms with van der Waals surface area (Å²) < 4.78 is 15.8. The van der Waals surface area contributed by atoms with Crippen LogP contribution in [0.5, 0.6) is 0 Å². The van der Waals surface area contributed by atoms with Gasteiger partial charge in [-0.2, -0.15) is 0 Å². The van der Waals surface area contributed by atoms with Crippen LogP contribution in [-0.2, 0) is 0 Å². The van der Waals surface area contributed by atoms with Gasteiger partial charge in [0.25, 0.3) is 0 Å². The molecular weight excluding hydrogens is 277 g/mol. The highest BCUT2D eigenvalue weighted by atomic mass is 35.5. The predicted molar refractivity (Wildman–Crippen MR) is 79.5 cm³/mol. The summed E-state index contributed by atoms with van der Waals surface area (Å²) in [5.41, 5.74) is 9.60. The van der Waals surface area contributed by atoms with Crippen molar-refractivity contribution in [3.05, 3.63) is 52.4 Å². The van der Waals surface area contributed by atoms with Gasteiger partial charge in [-0.25, -0.2) is 9.37 Å². The molecule has 20 heavy (non-hydrogen) atoms. The summed E-state index contributed by atoms with van der Waals surface area (Å²) in [5.74, 6) is 0.0255. The molecule has 0 aliphatic rings. The molecule has 0 aliphatic heterocycles. The van der Waals surface area contributed by atoms with Crippen LogP contribution in [0.25, 0.3) is 16.9 Å². The Hall–Kier alpha value is -2.07. The van der Waals surface area contributed by atoms with Crippen LogP contribution in [0.15, 0.2) is 30.3 Å². The second kappa shape index (κ2) is 4.49. The SMILES string of the molecule is Cc1cc(C)n2c(N)c(-c3cc(Cl)ccc3F)nc2c1. The highest BCUT2D eigenvalue weighted by molar-refractivity contribution is 6.30. The van der Waals surface area contributed by atoms with E-state index in [1.165, 1.54) is 18.2 Å². The van der Waals surface area contributed by atoms with E-state index in [-0.39, 0.29) is 5.82 Å². The third-order valence-electron chi connectivity index (χ3n) is 3.27. The van der Waals surface area contributed by atoms with E-state index in [2.05, 4.69) is 4.98 Å². The average molecular weight is 290 g/mol. The van der Waals surface area contributed by atoms with Crippen LogP contribution in [0.3, 0.4) is 0 Å². The maximum atomic E-state index is 14.0. The number of fused-ring (bicyclic) bond motifs is 1. The standard InChI is InChI=1S/C15H13ClFN3/c1-8-5-9(2)20-13(6-8)19-14(15(20)18)11-7-10(16)3-4-12(11)17/h3-7H,18H2,1-2H3.